The van der Waals surface area contributed by atoms with Crippen molar-refractivity contribution < 1.29 is 14.3 Å². The first-order valence-corrected chi connectivity index (χ1v) is 10.6. The molecule has 0 spiro atoms. The minimum atomic E-state index is -1.07. The molecule has 6 nitrogen and oxygen atoms in total. The first-order valence-electron chi connectivity index (χ1n) is 9.77. The minimum Gasteiger partial charge on any atom is -0.497 e. The molecule has 0 saturated carbocycles. The number of aromatic nitrogens is 1. The van der Waals surface area contributed by atoms with Crippen LogP contribution in [0, 0.1) is 6.92 Å². The molecule has 3 aromatic rings. The van der Waals surface area contributed by atoms with E-state index >= 15 is 0 Å². The first kappa shape index (κ1) is 20.1. The summed E-state index contributed by atoms with van der Waals surface area (Å²) in [6.07, 6.45) is 0.450. The van der Waals surface area contributed by atoms with Gasteiger partial charge in [-0.3, -0.25) is 9.69 Å². The number of carbonyl (C=O) groups excluding carboxylic acids is 2. The van der Waals surface area contributed by atoms with Crippen LogP contribution in [0.3, 0.4) is 0 Å². The molecule has 1 N–H and O–H groups in total. The van der Waals surface area contributed by atoms with Gasteiger partial charge in [-0.2, -0.15) is 0 Å². The van der Waals surface area contributed by atoms with Crippen LogP contribution in [-0.2, 0) is 16.9 Å². The van der Waals surface area contributed by atoms with Crippen molar-refractivity contribution >= 4 is 23.3 Å². The van der Waals surface area contributed by atoms with Crippen LogP contribution in [0.2, 0.25) is 0 Å². The predicted molar refractivity (Wildman–Crippen MR) is 116 cm³/mol. The van der Waals surface area contributed by atoms with Crippen molar-refractivity contribution in [1.82, 2.24) is 15.2 Å². The summed E-state index contributed by atoms with van der Waals surface area (Å²) in [5, 5.41) is 5.68. The van der Waals surface area contributed by atoms with Crippen LogP contribution in [0.5, 0.6) is 5.75 Å². The van der Waals surface area contributed by atoms with Crippen LogP contribution in [-0.4, -0.2) is 28.9 Å². The van der Waals surface area contributed by atoms with Gasteiger partial charge in [-0.15, -0.1) is 11.3 Å². The van der Waals surface area contributed by atoms with Gasteiger partial charge < -0.3 is 10.1 Å². The molecule has 30 heavy (non-hydrogen) atoms. The highest BCUT2D eigenvalue weighted by molar-refractivity contribution is 7.13. The van der Waals surface area contributed by atoms with Gasteiger partial charge in [0.1, 0.15) is 16.3 Å². The smallest absolute Gasteiger partial charge is 0.325 e. The molecule has 7 heteroatoms. The Morgan fingerprint density at radius 1 is 1.10 bits per heavy atom. The Balaban J connectivity index is 1.57. The zero-order chi connectivity index (χ0) is 21.3. The number of benzene rings is 2. The number of ether oxygens (including phenoxy) is 1. The highest BCUT2D eigenvalue weighted by atomic mass is 32.1. The van der Waals surface area contributed by atoms with Crippen LogP contribution in [0.4, 0.5) is 4.79 Å². The maximum Gasteiger partial charge on any atom is 0.325 e. The highest BCUT2D eigenvalue weighted by Crippen LogP contribution is 2.34. The molecule has 1 atom stereocenters. The summed E-state index contributed by atoms with van der Waals surface area (Å²) in [7, 11) is 1.59. The van der Waals surface area contributed by atoms with Crippen molar-refractivity contribution in [2.24, 2.45) is 0 Å². The van der Waals surface area contributed by atoms with Gasteiger partial charge in [-0.05, 0) is 31.0 Å². The normalized spacial score (nSPS) is 18.6. The summed E-state index contributed by atoms with van der Waals surface area (Å²) in [4.78, 5) is 31.9. The van der Waals surface area contributed by atoms with Crippen LogP contribution in [0.25, 0.3) is 10.6 Å². The number of amides is 3. The zero-order valence-corrected chi connectivity index (χ0v) is 18.0. The molecule has 154 valence electrons. The molecule has 1 saturated heterocycles. The molecule has 0 radical (unpaired) electrons. The number of nitrogens with zero attached hydrogens (tertiary/aromatic N) is 2. The monoisotopic (exact) mass is 421 g/mol. The van der Waals surface area contributed by atoms with E-state index in [9.17, 15) is 9.59 Å². The van der Waals surface area contributed by atoms with E-state index in [4.69, 9.17) is 4.74 Å². The fourth-order valence-corrected chi connectivity index (χ4v) is 4.47. The molecule has 3 amide bonds. The molecule has 2 heterocycles. The third-order valence-corrected chi connectivity index (χ3v) is 6.40. The molecule has 1 aliphatic rings. The maximum atomic E-state index is 13.3. The fraction of sp³-hybridized carbons (Fsp3) is 0.261. The summed E-state index contributed by atoms with van der Waals surface area (Å²) in [5.41, 5.74) is 2.57. The summed E-state index contributed by atoms with van der Waals surface area (Å²) >= 11 is 1.51. The van der Waals surface area contributed by atoms with Gasteiger partial charge >= 0.3 is 6.03 Å². The lowest BCUT2D eigenvalue weighted by molar-refractivity contribution is -0.132. The Bertz CT molecular complexity index is 1080. The molecular formula is C23H23N3O3S. The van der Waals surface area contributed by atoms with Crippen LogP contribution < -0.4 is 10.1 Å². The number of rotatable bonds is 6. The molecule has 1 fully saturated rings. The quantitative estimate of drug-likeness (QED) is 0.596. The zero-order valence-electron chi connectivity index (χ0n) is 17.1. The maximum absolute atomic E-state index is 13.3. The Morgan fingerprint density at radius 2 is 1.80 bits per heavy atom. The number of urea groups is 1. The standard InChI is InChI=1S/C23H23N3O3S/c1-4-23(17-9-11-19(29-3)12-10-17)21(27)26(22(28)25-23)13-18-14-30-20(24-18)16-7-5-15(2)6-8-16/h5-12,14H,4,13H2,1-3H3,(H,25,28)/t23-/m1/s1. The van der Waals surface area contributed by atoms with E-state index in [1.807, 2.05) is 55.6 Å². The number of imide groups is 1. The average Bonchev–Trinajstić information content (AvgIpc) is 3.33. The lowest BCUT2D eigenvalue weighted by atomic mass is 9.87. The van der Waals surface area contributed by atoms with Crippen molar-refractivity contribution in [1.29, 1.82) is 0 Å². The largest absolute Gasteiger partial charge is 0.497 e. The molecular weight excluding hydrogens is 398 g/mol. The second-order valence-electron chi connectivity index (χ2n) is 7.32. The molecule has 1 aliphatic heterocycles. The molecule has 2 aromatic carbocycles. The lowest BCUT2D eigenvalue weighted by Crippen LogP contribution is -2.43. The van der Waals surface area contributed by atoms with Gasteiger partial charge in [0.15, 0.2) is 0 Å². The number of thiazole rings is 1. The highest BCUT2D eigenvalue weighted by Gasteiger charge is 2.51. The van der Waals surface area contributed by atoms with Gasteiger partial charge in [0.2, 0.25) is 0 Å². The SMILES string of the molecule is CC[C@]1(c2ccc(OC)cc2)NC(=O)N(Cc2csc(-c3ccc(C)cc3)n2)C1=O. The summed E-state index contributed by atoms with van der Waals surface area (Å²) in [6.45, 7) is 4.08. The molecule has 0 aliphatic carbocycles. The van der Waals surface area contributed by atoms with E-state index in [2.05, 4.69) is 10.3 Å². The molecule has 1 aromatic heterocycles. The van der Waals surface area contributed by atoms with E-state index in [1.54, 1.807) is 19.2 Å². The minimum absolute atomic E-state index is 0.144. The third kappa shape index (κ3) is 3.45. The van der Waals surface area contributed by atoms with E-state index in [0.717, 1.165) is 16.1 Å². The fourth-order valence-electron chi connectivity index (χ4n) is 3.65. The average molecular weight is 422 g/mol. The van der Waals surface area contributed by atoms with Gasteiger partial charge in [-0.25, -0.2) is 9.78 Å². The first-order chi connectivity index (χ1) is 14.5. The number of methoxy groups -OCH3 is 1. The van der Waals surface area contributed by atoms with Crippen molar-refractivity contribution in [3.63, 3.8) is 0 Å². The predicted octanol–water partition coefficient (Wildman–Crippen LogP) is 4.48. The topological polar surface area (TPSA) is 71.5 Å². The number of hydrogen-bond acceptors (Lipinski definition) is 5. The van der Waals surface area contributed by atoms with E-state index in [0.29, 0.717) is 17.9 Å². The Hall–Kier alpha value is -3.19. The van der Waals surface area contributed by atoms with Crippen LogP contribution in [0.15, 0.2) is 53.9 Å². The van der Waals surface area contributed by atoms with E-state index in [1.165, 1.54) is 21.8 Å². The Labute approximate surface area is 179 Å². The van der Waals surface area contributed by atoms with Crippen LogP contribution >= 0.6 is 11.3 Å². The third-order valence-electron chi connectivity index (χ3n) is 5.46. The summed E-state index contributed by atoms with van der Waals surface area (Å²) in [6, 6.07) is 15.0. The van der Waals surface area contributed by atoms with Crippen molar-refractivity contribution in [3.05, 3.63) is 70.7 Å². The van der Waals surface area contributed by atoms with Gasteiger partial charge in [0.05, 0.1) is 19.3 Å². The van der Waals surface area contributed by atoms with Gasteiger partial charge in [-0.1, -0.05) is 48.9 Å². The van der Waals surface area contributed by atoms with Crippen molar-refractivity contribution in [2.75, 3.05) is 7.11 Å². The Kier molecular flexibility index (Phi) is 5.30. The number of carbonyl (C=O) groups is 2. The summed E-state index contributed by atoms with van der Waals surface area (Å²) in [5.74, 6) is 0.440. The summed E-state index contributed by atoms with van der Waals surface area (Å²) < 4.78 is 5.20. The van der Waals surface area contributed by atoms with Crippen LogP contribution in [0.1, 0.15) is 30.2 Å². The molecule has 0 unspecified atom stereocenters. The van der Waals surface area contributed by atoms with E-state index < -0.39 is 11.6 Å². The van der Waals surface area contributed by atoms with Gasteiger partial charge in [0, 0.05) is 10.9 Å². The Morgan fingerprint density at radius 3 is 2.43 bits per heavy atom. The number of aryl methyl sites for hydroxylation is 1. The molecule has 0 bridgehead atoms. The lowest BCUT2D eigenvalue weighted by Gasteiger charge is -2.25. The van der Waals surface area contributed by atoms with Crippen molar-refractivity contribution in [3.8, 4) is 16.3 Å². The second kappa shape index (κ2) is 7.91. The van der Waals surface area contributed by atoms with Gasteiger partial charge in [0.25, 0.3) is 5.91 Å². The number of hydrogen-bond donors (Lipinski definition) is 1. The van der Waals surface area contributed by atoms with E-state index in [-0.39, 0.29) is 12.5 Å². The molecule has 4 rings (SSSR count). The second-order valence-corrected chi connectivity index (χ2v) is 8.18. The number of nitrogens with one attached hydrogen (secondary N) is 1. The van der Waals surface area contributed by atoms with Crippen molar-refractivity contribution in [2.45, 2.75) is 32.4 Å².